The second-order valence-corrected chi connectivity index (χ2v) is 9.14. The average molecular weight is 318 g/mol. The molecule has 0 radical (unpaired) electrons. The molecule has 132 valence electrons. The van der Waals surface area contributed by atoms with Crippen molar-refractivity contribution in [3.05, 3.63) is 16.9 Å². The maximum absolute atomic E-state index is 3.92. The van der Waals surface area contributed by atoms with E-state index in [4.69, 9.17) is 0 Å². The van der Waals surface area contributed by atoms with E-state index in [9.17, 15) is 0 Å². The summed E-state index contributed by atoms with van der Waals surface area (Å²) in [5, 5.41) is 3.80. The van der Waals surface area contributed by atoms with E-state index >= 15 is 0 Å². The minimum Gasteiger partial charge on any atom is -0.312 e. The third-order valence-electron chi connectivity index (χ3n) is 7.07. The van der Waals surface area contributed by atoms with E-state index in [1.165, 1.54) is 19.3 Å². The van der Waals surface area contributed by atoms with Crippen LogP contribution in [0, 0.1) is 29.1 Å². The fraction of sp³-hybridized carbons (Fsp3) is 0.864. The molecule has 1 heterocycles. The van der Waals surface area contributed by atoms with Gasteiger partial charge in [0.15, 0.2) is 0 Å². The Bertz CT molecular complexity index is 494. The molecule has 1 aliphatic carbocycles. The summed E-state index contributed by atoms with van der Waals surface area (Å²) >= 11 is 0. The third-order valence-corrected chi connectivity index (χ3v) is 7.07. The van der Waals surface area contributed by atoms with Crippen LogP contribution in [0.3, 0.4) is 0 Å². The molecule has 1 N–H and O–H groups in total. The van der Waals surface area contributed by atoms with E-state index in [0.717, 1.165) is 30.7 Å². The van der Waals surface area contributed by atoms with Crippen molar-refractivity contribution in [2.75, 3.05) is 6.54 Å². The molecule has 0 bridgehead atoms. The highest BCUT2D eigenvalue weighted by atomic mass is 15.0. The quantitative estimate of drug-likeness (QED) is 0.633. The van der Waals surface area contributed by atoms with Crippen LogP contribution >= 0.6 is 0 Å². The zero-order valence-electron chi connectivity index (χ0n) is 16.8. The molecule has 0 aromatic rings. The zero-order valence-corrected chi connectivity index (χ0v) is 16.8. The van der Waals surface area contributed by atoms with Gasteiger partial charge in [-0.25, -0.2) is 0 Å². The first kappa shape index (κ1) is 18.8. The standard InChI is InChI=1S/C22H39N/c1-9-15(3)19(10-2)11-20-13-22(20)17(5)12-21(7,8)23-14-16(4)18(22)6/h15-18,23H,9-10,12-14H2,1-8H3. The molecule has 0 aromatic carbocycles. The lowest BCUT2D eigenvalue weighted by Crippen LogP contribution is -2.49. The predicted molar refractivity (Wildman–Crippen MR) is 102 cm³/mol. The van der Waals surface area contributed by atoms with Gasteiger partial charge in [-0.3, -0.25) is 0 Å². The van der Waals surface area contributed by atoms with Gasteiger partial charge in [-0.15, -0.1) is 5.73 Å². The molecule has 1 nitrogen and oxygen atoms in total. The monoisotopic (exact) mass is 317 g/mol. The number of rotatable bonds is 3. The molecule has 1 saturated carbocycles. The Kier molecular flexibility index (Phi) is 5.54. The number of hydrogen-bond acceptors (Lipinski definition) is 1. The van der Waals surface area contributed by atoms with Gasteiger partial charge in [-0.05, 0) is 80.9 Å². The van der Waals surface area contributed by atoms with Crippen molar-refractivity contribution >= 4 is 0 Å². The van der Waals surface area contributed by atoms with Crippen molar-refractivity contribution in [2.45, 2.75) is 86.6 Å². The topological polar surface area (TPSA) is 12.0 Å². The summed E-state index contributed by atoms with van der Waals surface area (Å²) in [6.45, 7) is 20.3. The maximum atomic E-state index is 3.92. The first-order chi connectivity index (χ1) is 10.7. The Morgan fingerprint density at radius 2 is 1.91 bits per heavy atom. The van der Waals surface area contributed by atoms with Crippen molar-refractivity contribution in [3.8, 4) is 0 Å². The molecule has 23 heavy (non-hydrogen) atoms. The molecule has 5 unspecified atom stereocenters. The van der Waals surface area contributed by atoms with Gasteiger partial charge >= 0.3 is 0 Å². The van der Waals surface area contributed by atoms with Crippen LogP contribution in [0.5, 0.6) is 0 Å². The van der Waals surface area contributed by atoms with Gasteiger partial charge in [0, 0.05) is 11.0 Å². The van der Waals surface area contributed by atoms with Crippen LogP contribution in [-0.2, 0) is 0 Å². The zero-order chi connectivity index (χ0) is 17.4. The van der Waals surface area contributed by atoms with Crippen molar-refractivity contribution in [2.24, 2.45) is 29.1 Å². The Balaban J connectivity index is 2.40. The highest BCUT2D eigenvalue weighted by molar-refractivity contribution is 5.37. The average Bonchev–Trinajstić information content (AvgIpc) is 3.23. The van der Waals surface area contributed by atoms with Crippen LogP contribution in [0.2, 0.25) is 0 Å². The summed E-state index contributed by atoms with van der Waals surface area (Å²) < 4.78 is 0. The predicted octanol–water partition coefficient (Wildman–Crippen LogP) is 5.96. The van der Waals surface area contributed by atoms with E-state index in [0.29, 0.717) is 11.3 Å². The largest absolute Gasteiger partial charge is 0.312 e. The summed E-state index contributed by atoms with van der Waals surface area (Å²) in [5.41, 5.74) is 7.78. The van der Waals surface area contributed by atoms with E-state index in [-0.39, 0.29) is 5.54 Å². The fourth-order valence-corrected chi connectivity index (χ4v) is 4.91. The molecule has 2 fully saturated rings. The summed E-state index contributed by atoms with van der Waals surface area (Å²) in [6.07, 6.45) is 4.94. The van der Waals surface area contributed by atoms with Crippen molar-refractivity contribution in [3.63, 3.8) is 0 Å². The summed E-state index contributed by atoms with van der Waals surface area (Å²) in [7, 11) is 0. The highest BCUT2D eigenvalue weighted by Gasteiger charge is 2.58. The Hall–Kier alpha value is -0.520. The molecular weight excluding hydrogens is 278 g/mol. The van der Waals surface area contributed by atoms with Gasteiger partial charge in [-0.1, -0.05) is 41.5 Å². The fourth-order valence-electron chi connectivity index (χ4n) is 4.91. The Morgan fingerprint density at radius 1 is 1.26 bits per heavy atom. The van der Waals surface area contributed by atoms with Gasteiger partial charge in [0.1, 0.15) is 0 Å². The van der Waals surface area contributed by atoms with Gasteiger partial charge in [0.2, 0.25) is 0 Å². The molecule has 1 heteroatoms. The molecule has 1 spiro atoms. The highest BCUT2D eigenvalue weighted by Crippen LogP contribution is 2.65. The van der Waals surface area contributed by atoms with Gasteiger partial charge < -0.3 is 5.32 Å². The second kappa shape index (κ2) is 6.77. The first-order valence-electron chi connectivity index (χ1n) is 9.92. The van der Waals surface area contributed by atoms with Crippen LogP contribution in [0.1, 0.15) is 81.1 Å². The first-order valence-corrected chi connectivity index (χ1v) is 9.92. The molecular formula is C22H39N. The number of allylic oxidation sites excluding steroid dienone is 1. The van der Waals surface area contributed by atoms with Crippen LogP contribution in [0.15, 0.2) is 16.9 Å². The molecule has 1 aliphatic heterocycles. The van der Waals surface area contributed by atoms with E-state index in [2.05, 4.69) is 66.4 Å². The Labute approximate surface area is 145 Å². The van der Waals surface area contributed by atoms with Crippen molar-refractivity contribution in [1.82, 2.24) is 5.32 Å². The van der Waals surface area contributed by atoms with Crippen LogP contribution in [0.4, 0.5) is 0 Å². The lowest BCUT2D eigenvalue weighted by Gasteiger charge is -2.42. The van der Waals surface area contributed by atoms with Gasteiger partial charge in [0.05, 0.1) is 0 Å². The van der Waals surface area contributed by atoms with Crippen molar-refractivity contribution < 1.29 is 0 Å². The molecule has 2 aliphatic rings. The number of nitrogens with one attached hydrogen (secondary N) is 1. The Morgan fingerprint density at radius 3 is 2.48 bits per heavy atom. The van der Waals surface area contributed by atoms with Gasteiger partial charge in [-0.2, -0.15) is 0 Å². The maximum Gasteiger partial charge on any atom is 0.0128 e. The van der Waals surface area contributed by atoms with E-state index in [1.54, 1.807) is 11.1 Å². The van der Waals surface area contributed by atoms with E-state index < -0.39 is 0 Å². The summed E-state index contributed by atoms with van der Waals surface area (Å²) in [5.74, 6) is 2.89. The van der Waals surface area contributed by atoms with E-state index in [1.807, 2.05) is 0 Å². The second-order valence-electron chi connectivity index (χ2n) is 9.14. The molecule has 1 saturated heterocycles. The summed E-state index contributed by atoms with van der Waals surface area (Å²) in [6, 6.07) is 0. The minimum atomic E-state index is 0.253. The third kappa shape index (κ3) is 3.62. The lowest BCUT2D eigenvalue weighted by atomic mass is 9.68. The normalized spacial score (nSPS) is 37.7. The summed E-state index contributed by atoms with van der Waals surface area (Å²) in [4.78, 5) is 0. The SMILES string of the molecule is CCC(=C=C1CC12C(C)CC(C)(C)NCC(C)C2C)C(C)CC. The molecule has 0 aromatic heterocycles. The number of hydrogen-bond donors (Lipinski definition) is 1. The minimum absolute atomic E-state index is 0.253. The molecule has 0 amide bonds. The van der Waals surface area contributed by atoms with Gasteiger partial charge in [0.25, 0.3) is 0 Å². The van der Waals surface area contributed by atoms with Crippen molar-refractivity contribution in [1.29, 1.82) is 0 Å². The molecule has 5 atom stereocenters. The lowest BCUT2D eigenvalue weighted by molar-refractivity contribution is 0.113. The van der Waals surface area contributed by atoms with Crippen LogP contribution in [0.25, 0.3) is 0 Å². The van der Waals surface area contributed by atoms with Crippen LogP contribution in [-0.4, -0.2) is 12.1 Å². The smallest absolute Gasteiger partial charge is 0.0128 e. The molecule has 2 rings (SSSR count). The van der Waals surface area contributed by atoms with Crippen LogP contribution < -0.4 is 5.32 Å².